The van der Waals surface area contributed by atoms with E-state index in [4.69, 9.17) is 10.3 Å². The molecule has 0 aliphatic heterocycles. The van der Waals surface area contributed by atoms with E-state index < -0.39 is 10.0 Å². The van der Waals surface area contributed by atoms with E-state index in [1.54, 1.807) is 32.0 Å². The van der Waals surface area contributed by atoms with Gasteiger partial charge in [-0.3, -0.25) is 0 Å². The molecular formula is C13H18N4O3S. The number of aryl methyl sites for hydroxylation is 1. The zero-order valence-corrected chi connectivity index (χ0v) is 12.7. The first-order valence-electron chi connectivity index (χ1n) is 6.53. The minimum atomic E-state index is -3.57. The summed E-state index contributed by atoms with van der Waals surface area (Å²) in [6, 6.07) is 6.36. The first kappa shape index (κ1) is 15.6. The Labute approximate surface area is 123 Å². The number of hydrogen-bond donors (Lipinski definition) is 2. The Kier molecular flexibility index (Phi) is 4.71. The molecule has 1 heterocycles. The molecule has 0 bridgehead atoms. The van der Waals surface area contributed by atoms with Crippen molar-refractivity contribution < 1.29 is 12.9 Å². The SMILES string of the molecule is Cc1nc(CCNS(=O)(=O)c2cccc(C(C)N)c2)no1. The summed E-state index contributed by atoms with van der Waals surface area (Å²) in [5.74, 6) is 0.928. The topological polar surface area (TPSA) is 111 Å². The Morgan fingerprint density at radius 1 is 1.43 bits per heavy atom. The standard InChI is InChI=1S/C13H18N4O3S/c1-9(14)11-4-3-5-12(8-11)21(18,19)15-7-6-13-16-10(2)20-17-13/h3-5,8-9,15H,6-7,14H2,1-2H3. The molecule has 1 aromatic heterocycles. The van der Waals surface area contributed by atoms with Gasteiger partial charge in [0.1, 0.15) is 0 Å². The largest absolute Gasteiger partial charge is 0.340 e. The Bertz CT molecular complexity index is 710. The maximum Gasteiger partial charge on any atom is 0.240 e. The molecule has 0 saturated heterocycles. The fourth-order valence-corrected chi connectivity index (χ4v) is 2.87. The molecule has 2 rings (SSSR count). The zero-order valence-electron chi connectivity index (χ0n) is 11.9. The van der Waals surface area contributed by atoms with E-state index >= 15 is 0 Å². The van der Waals surface area contributed by atoms with Crippen LogP contribution in [-0.4, -0.2) is 25.1 Å². The van der Waals surface area contributed by atoms with Crippen LogP contribution in [0.3, 0.4) is 0 Å². The summed E-state index contributed by atoms with van der Waals surface area (Å²) in [6.07, 6.45) is 0.365. The van der Waals surface area contributed by atoms with Gasteiger partial charge in [0.25, 0.3) is 0 Å². The zero-order chi connectivity index (χ0) is 15.5. The number of nitrogens with two attached hydrogens (primary N) is 1. The fourth-order valence-electron chi connectivity index (χ4n) is 1.79. The molecule has 0 aliphatic rings. The number of aromatic nitrogens is 2. The van der Waals surface area contributed by atoms with Gasteiger partial charge in [0.05, 0.1) is 4.90 Å². The van der Waals surface area contributed by atoms with E-state index in [0.29, 0.717) is 18.1 Å². The highest BCUT2D eigenvalue weighted by molar-refractivity contribution is 7.89. The molecule has 3 N–H and O–H groups in total. The Hall–Kier alpha value is -1.77. The van der Waals surface area contributed by atoms with Crippen molar-refractivity contribution in [3.05, 3.63) is 41.5 Å². The van der Waals surface area contributed by atoms with Gasteiger partial charge >= 0.3 is 0 Å². The molecule has 0 fully saturated rings. The minimum Gasteiger partial charge on any atom is -0.340 e. The summed E-state index contributed by atoms with van der Waals surface area (Å²) in [5, 5.41) is 3.71. The third kappa shape index (κ3) is 4.10. The lowest BCUT2D eigenvalue weighted by Crippen LogP contribution is -2.26. The summed E-state index contributed by atoms with van der Waals surface area (Å²) in [6.45, 7) is 3.68. The summed E-state index contributed by atoms with van der Waals surface area (Å²) in [5.41, 5.74) is 6.53. The van der Waals surface area contributed by atoms with E-state index in [0.717, 1.165) is 5.56 Å². The van der Waals surface area contributed by atoms with E-state index in [9.17, 15) is 8.42 Å². The molecule has 1 unspecified atom stereocenters. The number of hydrogen-bond acceptors (Lipinski definition) is 6. The van der Waals surface area contributed by atoms with Gasteiger partial charge in [0.15, 0.2) is 5.82 Å². The van der Waals surface area contributed by atoms with Crippen molar-refractivity contribution in [2.75, 3.05) is 6.54 Å². The number of rotatable bonds is 6. The first-order chi connectivity index (χ1) is 9.88. The van der Waals surface area contributed by atoms with Gasteiger partial charge in [-0.05, 0) is 24.6 Å². The highest BCUT2D eigenvalue weighted by Gasteiger charge is 2.15. The van der Waals surface area contributed by atoms with Crippen LogP contribution < -0.4 is 10.5 Å². The predicted octanol–water partition coefficient (Wildman–Crippen LogP) is 0.919. The van der Waals surface area contributed by atoms with Crippen molar-refractivity contribution in [1.82, 2.24) is 14.9 Å². The number of nitrogens with zero attached hydrogens (tertiary/aromatic N) is 2. The van der Waals surface area contributed by atoms with E-state index in [2.05, 4.69) is 14.9 Å². The Morgan fingerprint density at radius 2 is 2.19 bits per heavy atom. The number of sulfonamides is 1. The lowest BCUT2D eigenvalue weighted by atomic mass is 10.1. The summed E-state index contributed by atoms with van der Waals surface area (Å²) in [7, 11) is -3.57. The summed E-state index contributed by atoms with van der Waals surface area (Å²) < 4.78 is 31.7. The molecule has 7 nitrogen and oxygen atoms in total. The van der Waals surface area contributed by atoms with Crippen LogP contribution in [0.15, 0.2) is 33.7 Å². The summed E-state index contributed by atoms with van der Waals surface area (Å²) in [4.78, 5) is 4.21. The van der Waals surface area contributed by atoms with Crippen molar-refractivity contribution >= 4 is 10.0 Å². The van der Waals surface area contributed by atoms with Gasteiger partial charge in [0, 0.05) is 25.9 Å². The average Bonchev–Trinajstić information content (AvgIpc) is 2.84. The summed E-state index contributed by atoms with van der Waals surface area (Å²) >= 11 is 0. The van der Waals surface area contributed by atoms with Gasteiger partial charge in [-0.15, -0.1) is 0 Å². The smallest absolute Gasteiger partial charge is 0.240 e. The van der Waals surface area contributed by atoms with Gasteiger partial charge in [-0.25, -0.2) is 13.1 Å². The monoisotopic (exact) mass is 310 g/mol. The average molecular weight is 310 g/mol. The maximum absolute atomic E-state index is 12.2. The second-order valence-electron chi connectivity index (χ2n) is 4.74. The molecule has 2 aromatic rings. The third-order valence-corrected chi connectivity index (χ3v) is 4.36. The number of benzene rings is 1. The first-order valence-corrected chi connectivity index (χ1v) is 8.01. The van der Waals surface area contributed by atoms with Gasteiger partial charge < -0.3 is 10.3 Å². The minimum absolute atomic E-state index is 0.196. The predicted molar refractivity (Wildman–Crippen MR) is 77.0 cm³/mol. The molecule has 21 heavy (non-hydrogen) atoms. The molecule has 0 radical (unpaired) electrons. The molecule has 1 aromatic carbocycles. The van der Waals surface area contributed by atoms with Crippen molar-refractivity contribution in [2.24, 2.45) is 5.73 Å². The second kappa shape index (κ2) is 6.33. The molecule has 0 amide bonds. The normalized spacial score (nSPS) is 13.3. The fraction of sp³-hybridized carbons (Fsp3) is 0.385. The van der Waals surface area contributed by atoms with Crippen LogP contribution in [0.4, 0.5) is 0 Å². The van der Waals surface area contributed by atoms with Crippen LogP contribution in [0.25, 0.3) is 0 Å². The molecule has 0 saturated carbocycles. The highest BCUT2D eigenvalue weighted by Crippen LogP contribution is 2.15. The van der Waals surface area contributed by atoms with Crippen LogP contribution in [0.1, 0.15) is 30.2 Å². The van der Waals surface area contributed by atoms with Gasteiger partial charge in [-0.1, -0.05) is 17.3 Å². The highest BCUT2D eigenvalue weighted by atomic mass is 32.2. The van der Waals surface area contributed by atoms with E-state index in [1.807, 2.05) is 0 Å². The number of nitrogens with one attached hydrogen (secondary N) is 1. The Morgan fingerprint density at radius 3 is 2.81 bits per heavy atom. The van der Waals surface area contributed by atoms with E-state index in [-0.39, 0.29) is 17.5 Å². The molecular weight excluding hydrogens is 292 g/mol. The third-order valence-electron chi connectivity index (χ3n) is 2.90. The van der Waals surface area contributed by atoms with E-state index in [1.165, 1.54) is 6.07 Å². The van der Waals surface area contributed by atoms with Crippen molar-refractivity contribution in [3.63, 3.8) is 0 Å². The van der Waals surface area contributed by atoms with Crippen LogP contribution in [0.2, 0.25) is 0 Å². The van der Waals surface area contributed by atoms with Crippen LogP contribution in [0.5, 0.6) is 0 Å². The van der Waals surface area contributed by atoms with Crippen LogP contribution in [-0.2, 0) is 16.4 Å². The van der Waals surface area contributed by atoms with Gasteiger partial charge in [0.2, 0.25) is 15.9 Å². The van der Waals surface area contributed by atoms with Crippen LogP contribution >= 0.6 is 0 Å². The van der Waals surface area contributed by atoms with Crippen molar-refractivity contribution in [1.29, 1.82) is 0 Å². The quantitative estimate of drug-likeness (QED) is 0.820. The van der Waals surface area contributed by atoms with Crippen molar-refractivity contribution in [3.8, 4) is 0 Å². The molecule has 0 aliphatic carbocycles. The Balaban J connectivity index is 2.03. The van der Waals surface area contributed by atoms with Crippen molar-refractivity contribution in [2.45, 2.75) is 31.2 Å². The second-order valence-corrected chi connectivity index (χ2v) is 6.51. The maximum atomic E-state index is 12.2. The van der Waals surface area contributed by atoms with Gasteiger partial charge in [-0.2, -0.15) is 4.98 Å². The lowest BCUT2D eigenvalue weighted by molar-refractivity contribution is 0.387. The molecule has 1 atom stereocenters. The molecule has 8 heteroatoms. The van der Waals surface area contributed by atoms with Crippen LogP contribution in [0, 0.1) is 6.92 Å². The molecule has 114 valence electrons. The molecule has 0 spiro atoms. The lowest BCUT2D eigenvalue weighted by Gasteiger charge is -2.09.